The SMILES string of the molecule is CN(C)Cc1cc(O)ccc1-c1cccc(Oc2ncc(F)cc2C(N)=O)c1. The van der Waals surface area contributed by atoms with E-state index in [0.29, 0.717) is 12.3 Å². The molecule has 0 fully saturated rings. The van der Waals surface area contributed by atoms with E-state index in [1.165, 1.54) is 0 Å². The number of carbonyl (C=O) groups excluding carboxylic acids is 1. The number of hydrogen-bond acceptors (Lipinski definition) is 5. The first-order valence-electron chi connectivity index (χ1n) is 8.54. The molecule has 0 aliphatic carbocycles. The summed E-state index contributed by atoms with van der Waals surface area (Å²) in [5.74, 6) is -0.958. The van der Waals surface area contributed by atoms with Gasteiger partial charge >= 0.3 is 0 Å². The summed E-state index contributed by atoms with van der Waals surface area (Å²) in [6, 6.07) is 13.3. The van der Waals surface area contributed by atoms with E-state index in [4.69, 9.17) is 10.5 Å². The Bertz CT molecular complexity index is 1020. The van der Waals surface area contributed by atoms with Gasteiger partial charge in [-0.15, -0.1) is 0 Å². The van der Waals surface area contributed by atoms with Gasteiger partial charge in [-0.25, -0.2) is 9.37 Å². The van der Waals surface area contributed by atoms with Gasteiger partial charge in [0.05, 0.1) is 6.20 Å². The number of aromatic nitrogens is 1. The molecule has 7 heteroatoms. The van der Waals surface area contributed by atoms with Crippen LogP contribution in [-0.4, -0.2) is 35.0 Å². The van der Waals surface area contributed by atoms with Crippen LogP contribution in [0.1, 0.15) is 15.9 Å². The Hall–Kier alpha value is -3.45. The van der Waals surface area contributed by atoms with Gasteiger partial charge in [0.1, 0.15) is 22.9 Å². The van der Waals surface area contributed by atoms with Crippen molar-refractivity contribution in [1.29, 1.82) is 0 Å². The lowest BCUT2D eigenvalue weighted by atomic mass is 9.99. The average molecular weight is 381 g/mol. The summed E-state index contributed by atoms with van der Waals surface area (Å²) in [6.07, 6.45) is 0.959. The number of nitrogens with zero attached hydrogens (tertiary/aromatic N) is 2. The molecule has 144 valence electrons. The van der Waals surface area contributed by atoms with E-state index >= 15 is 0 Å². The molecule has 1 heterocycles. The molecule has 0 saturated carbocycles. The average Bonchev–Trinajstić information content (AvgIpc) is 2.63. The first kappa shape index (κ1) is 19.3. The lowest BCUT2D eigenvalue weighted by molar-refractivity contribution is 0.0997. The maximum Gasteiger partial charge on any atom is 0.254 e. The molecule has 0 aliphatic heterocycles. The first-order valence-corrected chi connectivity index (χ1v) is 8.54. The molecule has 2 aromatic carbocycles. The number of hydrogen-bond donors (Lipinski definition) is 2. The first-order chi connectivity index (χ1) is 13.3. The second-order valence-electron chi connectivity index (χ2n) is 6.58. The van der Waals surface area contributed by atoms with Gasteiger partial charge in [0.2, 0.25) is 5.88 Å². The van der Waals surface area contributed by atoms with Gasteiger partial charge in [0, 0.05) is 6.54 Å². The van der Waals surface area contributed by atoms with Crippen LogP contribution in [0.3, 0.4) is 0 Å². The Morgan fingerprint density at radius 1 is 1.21 bits per heavy atom. The van der Waals surface area contributed by atoms with Gasteiger partial charge in [-0.1, -0.05) is 18.2 Å². The van der Waals surface area contributed by atoms with Crippen molar-refractivity contribution in [1.82, 2.24) is 9.88 Å². The summed E-state index contributed by atoms with van der Waals surface area (Å²) in [5.41, 5.74) is 7.88. The number of carbonyl (C=O) groups is 1. The van der Waals surface area contributed by atoms with Gasteiger partial charge in [-0.3, -0.25) is 4.79 Å². The van der Waals surface area contributed by atoms with E-state index in [1.807, 2.05) is 31.1 Å². The van der Waals surface area contributed by atoms with E-state index in [0.717, 1.165) is 29.0 Å². The molecule has 1 aromatic heterocycles. The van der Waals surface area contributed by atoms with Crippen LogP contribution in [0, 0.1) is 5.82 Å². The van der Waals surface area contributed by atoms with Crippen LogP contribution < -0.4 is 10.5 Å². The van der Waals surface area contributed by atoms with Crippen molar-refractivity contribution >= 4 is 5.91 Å². The fraction of sp³-hybridized carbons (Fsp3) is 0.143. The highest BCUT2D eigenvalue weighted by Crippen LogP contribution is 2.32. The van der Waals surface area contributed by atoms with Gasteiger partial charge < -0.3 is 20.5 Å². The highest BCUT2D eigenvalue weighted by Gasteiger charge is 2.14. The van der Waals surface area contributed by atoms with Crippen molar-refractivity contribution < 1.29 is 19.0 Å². The Labute approximate surface area is 162 Å². The van der Waals surface area contributed by atoms with Gasteiger partial charge in [0.25, 0.3) is 5.91 Å². The lowest BCUT2D eigenvalue weighted by Gasteiger charge is -2.16. The Morgan fingerprint density at radius 2 is 2.00 bits per heavy atom. The normalized spacial score (nSPS) is 10.9. The number of ether oxygens (including phenoxy) is 1. The fourth-order valence-corrected chi connectivity index (χ4v) is 2.86. The molecule has 0 aliphatic rings. The second kappa shape index (κ2) is 8.06. The maximum absolute atomic E-state index is 13.4. The highest BCUT2D eigenvalue weighted by molar-refractivity contribution is 5.95. The number of phenolic OH excluding ortho intramolecular Hbond substituents is 1. The number of amides is 1. The number of aromatic hydroxyl groups is 1. The zero-order chi connectivity index (χ0) is 20.3. The van der Waals surface area contributed by atoms with Gasteiger partial charge in [-0.2, -0.15) is 0 Å². The van der Waals surface area contributed by atoms with Crippen LogP contribution in [0.25, 0.3) is 11.1 Å². The predicted molar refractivity (Wildman–Crippen MR) is 104 cm³/mol. The molecule has 0 atom stereocenters. The molecule has 0 radical (unpaired) electrons. The number of phenols is 1. The van der Waals surface area contributed by atoms with Crippen LogP contribution in [0.15, 0.2) is 54.7 Å². The molecular weight excluding hydrogens is 361 g/mol. The zero-order valence-corrected chi connectivity index (χ0v) is 15.5. The van der Waals surface area contributed by atoms with E-state index in [1.54, 1.807) is 30.3 Å². The van der Waals surface area contributed by atoms with Crippen LogP contribution in [0.2, 0.25) is 0 Å². The minimum absolute atomic E-state index is 0.0646. The largest absolute Gasteiger partial charge is 0.508 e. The van der Waals surface area contributed by atoms with Gasteiger partial charge in [0.15, 0.2) is 0 Å². The third-order valence-corrected chi connectivity index (χ3v) is 4.02. The number of pyridine rings is 1. The summed E-state index contributed by atoms with van der Waals surface area (Å²) in [5, 5.41) is 9.83. The van der Waals surface area contributed by atoms with Crippen molar-refractivity contribution in [2.75, 3.05) is 14.1 Å². The molecule has 3 aromatic rings. The zero-order valence-electron chi connectivity index (χ0n) is 15.5. The predicted octanol–water partition coefficient (Wildman–Crippen LogP) is 3.55. The Balaban J connectivity index is 1.98. The van der Waals surface area contributed by atoms with E-state index in [9.17, 15) is 14.3 Å². The van der Waals surface area contributed by atoms with E-state index in [-0.39, 0.29) is 17.2 Å². The van der Waals surface area contributed by atoms with Crippen molar-refractivity contribution in [3.8, 4) is 28.5 Å². The summed E-state index contributed by atoms with van der Waals surface area (Å²) >= 11 is 0. The van der Waals surface area contributed by atoms with Crippen LogP contribution >= 0.6 is 0 Å². The Kier molecular flexibility index (Phi) is 5.56. The molecule has 0 spiro atoms. The lowest BCUT2D eigenvalue weighted by Crippen LogP contribution is -2.13. The van der Waals surface area contributed by atoms with Crippen molar-refractivity contribution in [2.24, 2.45) is 5.73 Å². The topological polar surface area (TPSA) is 88.7 Å². The minimum Gasteiger partial charge on any atom is -0.508 e. The number of rotatable bonds is 6. The molecular formula is C21H20FN3O3. The Morgan fingerprint density at radius 3 is 2.71 bits per heavy atom. The molecule has 0 unspecified atom stereocenters. The third kappa shape index (κ3) is 4.44. The molecule has 28 heavy (non-hydrogen) atoms. The number of benzene rings is 2. The standard InChI is InChI=1S/C21H20FN3O3/c1-25(2)12-14-8-16(26)6-7-18(14)13-4-3-5-17(9-13)28-21-19(20(23)27)10-15(22)11-24-21/h3-11,26H,12H2,1-2H3,(H2,23,27). The summed E-state index contributed by atoms with van der Waals surface area (Å²) in [6.45, 7) is 0.639. The molecule has 3 rings (SSSR count). The van der Waals surface area contributed by atoms with Gasteiger partial charge in [-0.05, 0) is 61.1 Å². The summed E-state index contributed by atoms with van der Waals surface area (Å²) < 4.78 is 19.1. The molecule has 3 N–H and O–H groups in total. The molecule has 1 amide bonds. The van der Waals surface area contributed by atoms with Crippen LogP contribution in [0.4, 0.5) is 4.39 Å². The van der Waals surface area contributed by atoms with Crippen molar-refractivity contribution in [3.05, 3.63) is 71.7 Å². The van der Waals surface area contributed by atoms with Crippen LogP contribution in [0.5, 0.6) is 17.4 Å². The summed E-state index contributed by atoms with van der Waals surface area (Å²) in [4.78, 5) is 17.4. The monoisotopic (exact) mass is 381 g/mol. The minimum atomic E-state index is -0.829. The quantitative estimate of drug-likeness (QED) is 0.682. The number of nitrogens with two attached hydrogens (primary N) is 1. The summed E-state index contributed by atoms with van der Waals surface area (Å²) in [7, 11) is 3.89. The molecule has 6 nitrogen and oxygen atoms in total. The van der Waals surface area contributed by atoms with Crippen molar-refractivity contribution in [2.45, 2.75) is 6.54 Å². The van der Waals surface area contributed by atoms with Crippen LogP contribution in [-0.2, 0) is 6.54 Å². The molecule has 0 saturated heterocycles. The smallest absolute Gasteiger partial charge is 0.254 e. The fourth-order valence-electron chi connectivity index (χ4n) is 2.86. The second-order valence-corrected chi connectivity index (χ2v) is 6.58. The van der Waals surface area contributed by atoms with E-state index < -0.39 is 11.7 Å². The number of primary amides is 1. The number of halogens is 1. The molecule has 0 bridgehead atoms. The van der Waals surface area contributed by atoms with E-state index in [2.05, 4.69) is 4.98 Å². The maximum atomic E-state index is 13.4. The highest BCUT2D eigenvalue weighted by atomic mass is 19.1. The third-order valence-electron chi connectivity index (χ3n) is 4.02. The van der Waals surface area contributed by atoms with Crippen molar-refractivity contribution in [3.63, 3.8) is 0 Å².